The lowest BCUT2D eigenvalue weighted by atomic mass is 9.68. The fourth-order valence-corrected chi connectivity index (χ4v) is 8.26. The van der Waals surface area contributed by atoms with Crippen LogP contribution in [0.25, 0.3) is 0 Å². The number of aryl methyl sites for hydroxylation is 1. The van der Waals surface area contributed by atoms with E-state index in [0.717, 1.165) is 37.1 Å². The number of rotatable bonds is 0. The number of carbonyl (C=O) groups is 1. The molecule has 1 saturated carbocycles. The van der Waals surface area contributed by atoms with Crippen LogP contribution >= 0.6 is 11.6 Å². The molecule has 2 heterocycles. The number of aliphatic hydroxyl groups is 1. The first-order valence-corrected chi connectivity index (χ1v) is 16.2. The summed E-state index contributed by atoms with van der Waals surface area (Å²) in [7, 11) is -4.07. The number of amides is 1. The summed E-state index contributed by atoms with van der Waals surface area (Å²) >= 11 is 6.37. The first-order chi connectivity index (χ1) is 19.1. The van der Waals surface area contributed by atoms with Crippen molar-refractivity contribution in [3.63, 3.8) is 0 Å². The van der Waals surface area contributed by atoms with Crippen molar-refractivity contribution in [1.82, 2.24) is 4.72 Å². The van der Waals surface area contributed by atoms with Crippen molar-refractivity contribution < 1.29 is 23.1 Å². The molecule has 9 heteroatoms. The summed E-state index contributed by atoms with van der Waals surface area (Å²) in [6, 6.07) is 11.0. The van der Waals surface area contributed by atoms with Gasteiger partial charge in [-0.1, -0.05) is 36.7 Å². The molecule has 0 saturated heterocycles. The highest BCUT2D eigenvalue weighted by Gasteiger charge is 2.44. The monoisotopic (exact) mass is 584 g/mol. The molecule has 2 N–H and O–H groups in total. The number of ether oxygens (including phenoxy) is 1. The normalized spacial score (nSPS) is 32.5. The van der Waals surface area contributed by atoms with Crippen LogP contribution in [-0.2, 0) is 26.7 Å². The maximum atomic E-state index is 13.3. The molecule has 4 aliphatic rings. The fraction of sp³-hybridized carbons (Fsp3) is 0.516. The molecule has 214 valence electrons. The predicted octanol–water partition coefficient (Wildman–Crippen LogP) is 4.99. The average molecular weight is 585 g/mol. The predicted molar refractivity (Wildman–Crippen MR) is 155 cm³/mol. The van der Waals surface area contributed by atoms with Crippen molar-refractivity contribution in [3.05, 3.63) is 64.7 Å². The molecule has 6 rings (SSSR count). The molecule has 1 spiro atoms. The number of sulfonamides is 1. The Morgan fingerprint density at radius 1 is 1.15 bits per heavy atom. The minimum atomic E-state index is -4.07. The number of carbonyl (C=O) groups excluding carboxylic acids is 1. The number of halogens is 1. The van der Waals surface area contributed by atoms with Crippen LogP contribution < -0.4 is 14.4 Å². The highest BCUT2D eigenvalue weighted by Crippen LogP contribution is 2.47. The number of hydrogen-bond donors (Lipinski definition) is 2. The Kier molecular flexibility index (Phi) is 7.38. The van der Waals surface area contributed by atoms with Crippen LogP contribution in [0.3, 0.4) is 0 Å². The third-order valence-electron chi connectivity index (χ3n) is 9.47. The molecule has 7 nitrogen and oxygen atoms in total. The van der Waals surface area contributed by atoms with Crippen molar-refractivity contribution >= 4 is 33.2 Å². The number of hydrogen-bond acceptors (Lipinski definition) is 6. The van der Waals surface area contributed by atoms with E-state index in [0.29, 0.717) is 44.0 Å². The lowest BCUT2D eigenvalue weighted by molar-refractivity contribution is -0.122. The Hall–Kier alpha value is -2.55. The molecule has 0 unspecified atom stereocenters. The Morgan fingerprint density at radius 3 is 2.80 bits per heavy atom. The number of aliphatic hydroxyl groups excluding tert-OH is 1. The van der Waals surface area contributed by atoms with Gasteiger partial charge in [0.25, 0.3) is 10.0 Å². The molecule has 5 atom stereocenters. The topological polar surface area (TPSA) is 95.9 Å². The highest BCUT2D eigenvalue weighted by atomic mass is 35.5. The molecular weight excluding hydrogens is 548 g/mol. The van der Waals surface area contributed by atoms with E-state index in [1.165, 1.54) is 17.2 Å². The van der Waals surface area contributed by atoms with Gasteiger partial charge in [-0.3, -0.25) is 4.79 Å². The van der Waals surface area contributed by atoms with E-state index in [-0.39, 0.29) is 22.1 Å². The number of allylic oxidation sites excluding steroid dienone is 1. The lowest BCUT2D eigenvalue weighted by Gasteiger charge is -2.45. The molecule has 1 fully saturated rings. The van der Waals surface area contributed by atoms with Crippen LogP contribution in [0.15, 0.2) is 53.4 Å². The molecule has 2 aromatic rings. The van der Waals surface area contributed by atoms with Crippen LogP contribution in [-0.4, -0.2) is 45.2 Å². The maximum absolute atomic E-state index is 13.3. The van der Waals surface area contributed by atoms with E-state index in [9.17, 15) is 18.3 Å². The third-order valence-corrected chi connectivity index (χ3v) is 11.1. The van der Waals surface area contributed by atoms with Crippen molar-refractivity contribution in [2.75, 3.05) is 24.6 Å². The molecule has 1 amide bonds. The number of nitrogens with one attached hydrogen (secondary N) is 1. The standard InChI is InChI=1S/C31H37ClN2O5S/c1-20-5-2-3-7-28(35)25-11-8-22(25)17-34-18-31(14-4-6-21-15-23(32)9-12-26(21)31)19-39-29-13-10-24(16-27(29)34)40(37,38)33-30(20)36/h3,7,9-10,12-13,15-16,20,22,25,28,35H,2,4-6,8,11,14,17-19H2,1H3,(H,33,36)/b7-3+/t20-,22-,25+,28-,31-/m0/s1. The van der Waals surface area contributed by atoms with Gasteiger partial charge in [-0.25, -0.2) is 13.1 Å². The number of fused-ring (bicyclic) bond motifs is 4. The number of anilines is 1. The van der Waals surface area contributed by atoms with Gasteiger partial charge in [-0.05, 0) is 98.2 Å². The van der Waals surface area contributed by atoms with Gasteiger partial charge in [0.15, 0.2) is 0 Å². The molecule has 2 aliphatic carbocycles. The van der Waals surface area contributed by atoms with Gasteiger partial charge in [0, 0.05) is 29.4 Å². The highest BCUT2D eigenvalue weighted by molar-refractivity contribution is 7.90. The minimum absolute atomic E-state index is 0.0457. The van der Waals surface area contributed by atoms with Crippen LogP contribution in [0.1, 0.15) is 56.6 Å². The molecule has 2 aromatic carbocycles. The summed E-state index contributed by atoms with van der Waals surface area (Å²) in [5.41, 5.74) is 2.91. The summed E-state index contributed by atoms with van der Waals surface area (Å²) in [5, 5.41) is 11.7. The van der Waals surface area contributed by atoms with E-state index >= 15 is 0 Å². The van der Waals surface area contributed by atoms with Gasteiger partial charge in [0.2, 0.25) is 5.91 Å². The number of benzene rings is 2. The van der Waals surface area contributed by atoms with Gasteiger partial charge < -0.3 is 14.7 Å². The zero-order valence-electron chi connectivity index (χ0n) is 22.8. The van der Waals surface area contributed by atoms with Crippen LogP contribution in [0, 0.1) is 17.8 Å². The second kappa shape index (κ2) is 10.7. The van der Waals surface area contributed by atoms with Crippen molar-refractivity contribution in [2.24, 2.45) is 17.8 Å². The number of nitrogens with zero attached hydrogens (tertiary/aromatic N) is 1. The SMILES string of the molecule is C[C@H]1CC/C=C/[C@H](O)[C@@H]2CC[C@H]2CN2C[C@@]3(CCCc4cc(Cl)ccc43)COc3ccc(cc32)S(=O)(=O)NC1=O. The first kappa shape index (κ1) is 27.6. The van der Waals surface area contributed by atoms with Crippen LogP contribution in [0.4, 0.5) is 5.69 Å². The Bertz CT molecular complexity index is 1440. The average Bonchev–Trinajstić information content (AvgIpc) is 3.05. The quantitative estimate of drug-likeness (QED) is 0.424. The van der Waals surface area contributed by atoms with Gasteiger partial charge in [0.05, 0.1) is 23.3 Å². The van der Waals surface area contributed by atoms with Gasteiger partial charge in [0.1, 0.15) is 5.75 Å². The van der Waals surface area contributed by atoms with E-state index in [1.807, 2.05) is 18.2 Å². The largest absolute Gasteiger partial charge is 0.490 e. The first-order valence-electron chi connectivity index (χ1n) is 14.4. The van der Waals surface area contributed by atoms with Crippen LogP contribution in [0.2, 0.25) is 5.02 Å². The molecule has 2 aliphatic heterocycles. The van der Waals surface area contributed by atoms with E-state index in [1.54, 1.807) is 19.1 Å². The molecule has 0 radical (unpaired) electrons. The summed E-state index contributed by atoms with van der Waals surface area (Å²) in [6.07, 6.45) is 9.21. The van der Waals surface area contributed by atoms with Crippen molar-refractivity contribution in [1.29, 1.82) is 0 Å². The van der Waals surface area contributed by atoms with Crippen molar-refractivity contribution in [2.45, 2.75) is 68.3 Å². The lowest BCUT2D eigenvalue weighted by Crippen LogP contribution is -2.49. The van der Waals surface area contributed by atoms with E-state index in [4.69, 9.17) is 16.3 Å². The smallest absolute Gasteiger partial charge is 0.264 e. The Labute approximate surface area is 241 Å². The molecule has 2 bridgehead atoms. The van der Waals surface area contributed by atoms with Gasteiger partial charge in [-0.2, -0.15) is 0 Å². The Morgan fingerprint density at radius 2 is 2.00 bits per heavy atom. The fourth-order valence-electron chi connectivity index (χ4n) is 6.96. The molecule has 0 aromatic heterocycles. The van der Waals surface area contributed by atoms with Gasteiger partial charge >= 0.3 is 0 Å². The minimum Gasteiger partial charge on any atom is -0.490 e. The zero-order chi connectivity index (χ0) is 28.1. The summed E-state index contributed by atoms with van der Waals surface area (Å²) in [4.78, 5) is 15.1. The Balaban J connectivity index is 1.43. The second-order valence-electron chi connectivity index (χ2n) is 12.1. The molecule has 40 heavy (non-hydrogen) atoms. The van der Waals surface area contributed by atoms with Crippen LogP contribution in [0.5, 0.6) is 5.75 Å². The third kappa shape index (κ3) is 5.14. The zero-order valence-corrected chi connectivity index (χ0v) is 24.4. The maximum Gasteiger partial charge on any atom is 0.264 e. The van der Waals surface area contributed by atoms with Crippen molar-refractivity contribution in [3.8, 4) is 5.75 Å². The van der Waals surface area contributed by atoms with E-state index in [2.05, 4.69) is 21.8 Å². The summed E-state index contributed by atoms with van der Waals surface area (Å²) < 4.78 is 35.4. The summed E-state index contributed by atoms with van der Waals surface area (Å²) in [6.45, 7) is 3.55. The van der Waals surface area contributed by atoms with Gasteiger partial charge in [-0.15, -0.1) is 0 Å². The van der Waals surface area contributed by atoms with E-state index < -0.39 is 28.0 Å². The summed E-state index contributed by atoms with van der Waals surface area (Å²) in [5.74, 6) is 0.0236. The molecular formula is C31H37ClN2O5S. The second-order valence-corrected chi connectivity index (χ2v) is 14.2.